The Labute approximate surface area is 195 Å². The topological polar surface area (TPSA) is 61.9 Å². The molecule has 2 amide bonds. The lowest BCUT2D eigenvalue weighted by Gasteiger charge is -2.21. The molecule has 2 aromatic carbocycles. The lowest BCUT2D eigenvalue weighted by molar-refractivity contribution is -0.128. The number of carbonyl (C=O) groups excluding carboxylic acids is 2. The van der Waals surface area contributed by atoms with Crippen LogP contribution in [0, 0.1) is 0 Å². The summed E-state index contributed by atoms with van der Waals surface area (Å²) in [5, 5.41) is 3.01. The van der Waals surface area contributed by atoms with Crippen LogP contribution in [0.1, 0.15) is 12.0 Å². The van der Waals surface area contributed by atoms with Gasteiger partial charge < -0.3 is 15.0 Å². The van der Waals surface area contributed by atoms with E-state index in [1.54, 1.807) is 11.8 Å². The zero-order chi connectivity index (χ0) is 22.4. The Morgan fingerprint density at radius 3 is 2.47 bits per heavy atom. The normalized spacial score (nSPS) is 14.6. The summed E-state index contributed by atoms with van der Waals surface area (Å²) in [6.07, 6.45) is 1.73. The lowest BCUT2D eigenvalue weighted by atomic mass is 10.1. The number of hydrogen-bond acceptors (Lipinski definition) is 5. The van der Waals surface area contributed by atoms with E-state index in [1.807, 2.05) is 53.4 Å². The lowest BCUT2D eigenvalue weighted by Crippen LogP contribution is -2.40. The number of rotatable bonds is 11. The average Bonchev–Trinajstić information content (AvgIpc) is 3.06. The van der Waals surface area contributed by atoms with Crippen molar-refractivity contribution in [1.82, 2.24) is 15.1 Å². The van der Waals surface area contributed by atoms with Crippen LogP contribution in [-0.4, -0.2) is 79.0 Å². The molecule has 1 N–H and O–H groups in total. The van der Waals surface area contributed by atoms with Gasteiger partial charge in [0.2, 0.25) is 11.8 Å². The number of carbonyl (C=O) groups is 2. The summed E-state index contributed by atoms with van der Waals surface area (Å²) in [6, 6.07) is 19.9. The molecule has 172 valence electrons. The average molecular weight is 456 g/mol. The number of hydrogen-bond donors (Lipinski definition) is 1. The minimum atomic E-state index is 0.0506. The number of ether oxygens (including phenoxy) is 1. The Hall–Kier alpha value is -2.51. The van der Waals surface area contributed by atoms with Crippen LogP contribution < -0.4 is 10.1 Å². The van der Waals surface area contributed by atoms with E-state index in [-0.39, 0.29) is 11.8 Å². The molecule has 0 unspecified atom stereocenters. The van der Waals surface area contributed by atoms with E-state index in [9.17, 15) is 9.59 Å². The highest BCUT2D eigenvalue weighted by Gasteiger charge is 2.20. The van der Waals surface area contributed by atoms with Crippen molar-refractivity contribution in [3.8, 4) is 5.75 Å². The summed E-state index contributed by atoms with van der Waals surface area (Å²) >= 11 is 1.61. The molecule has 7 heteroatoms. The molecular formula is C25H33N3O3S. The molecule has 0 spiro atoms. The van der Waals surface area contributed by atoms with Gasteiger partial charge in [-0.15, -0.1) is 11.8 Å². The second kappa shape index (κ2) is 13.8. The van der Waals surface area contributed by atoms with Gasteiger partial charge in [-0.25, -0.2) is 0 Å². The van der Waals surface area contributed by atoms with Gasteiger partial charge in [0.05, 0.1) is 18.9 Å². The van der Waals surface area contributed by atoms with Crippen molar-refractivity contribution in [3.05, 3.63) is 66.2 Å². The van der Waals surface area contributed by atoms with Crippen LogP contribution >= 0.6 is 11.8 Å². The van der Waals surface area contributed by atoms with Gasteiger partial charge in [-0.1, -0.05) is 48.5 Å². The first-order chi connectivity index (χ1) is 15.7. The molecule has 0 saturated carbocycles. The zero-order valence-corrected chi connectivity index (χ0v) is 19.4. The first kappa shape index (κ1) is 24.1. The largest absolute Gasteiger partial charge is 0.493 e. The summed E-state index contributed by atoms with van der Waals surface area (Å²) in [5.41, 5.74) is 1.22. The number of amides is 2. The van der Waals surface area contributed by atoms with Crippen LogP contribution in [0.4, 0.5) is 0 Å². The summed E-state index contributed by atoms with van der Waals surface area (Å²) in [5.74, 6) is 2.33. The summed E-state index contributed by atoms with van der Waals surface area (Å²) < 4.78 is 5.67. The molecule has 32 heavy (non-hydrogen) atoms. The molecule has 6 nitrogen and oxygen atoms in total. The third-order valence-corrected chi connectivity index (χ3v) is 6.26. The van der Waals surface area contributed by atoms with Crippen LogP contribution in [0.3, 0.4) is 0 Å². The van der Waals surface area contributed by atoms with Crippen LogP contribution in [-0.2, 0) is 16.0 Å². The van der Waals surface area contributed by atoms with Crippen LogP contribution in [0.25, 0.3) is 0 Å². The van der Waals surface area contributed by atoms with E-state index in [1.165, 1.54) is 5.56 Å². The molecule has 0 radical (unpaired) electrons. The highest BCUT2D eigenvalue weighted by Crippen LogP contribution is 2.11. The Morgan fingerprint density at radius 1 is 0.938 bits per heavy atom. The van der Waals surface area contributed by atoms with Gasteiger partial charge in [-0.05, 0) is 30.5 Å². The van der Waals surface area contributed by atoms with Crippen molar-refractivity contribution in [2.75, 3.05) is 57.4 Å². The molecule has 0 atom stereocenters. The van der Waals surface area contributed by atoms with E-state index < -0.39 is 0 Å². The van der Waals surface area contributed by atoms with Crippen molar-refractivity contribution >= 4 is 23.6 Å². The van der Waals surface area contributed by atoms with E-state index in [2.05, 4.69) is 22.3 Å². The minimum Gasteiger partial charge on any atom is -0.493 e. The molecule has 1 fully saturated rings. The first-order valence-electron chi connectivity index (χ1n) is 11.3. The Balaban J connectivity index is 1.27. The quantitative estimate of drug-likeness (QED) is 0.528. The fourth-order valence-electron chi connectivity index (χ4n) is 3.61. The van der Waals surface area contributed by atoms with Crippen LogP contribution in [0.5, 0.6) is 5.75 Å². The standard InChI is InChI=1S/C25H33N3O3S/c29-24(26-13-12-22-8-3-1-4-9-22)20-27-14-7-15-28(17-16-27)25(30)21-32-19-18-31-23-10-5-2-6-11-23/h1-6,8-11H,7,12-21H2,(H,26,29). The van der Waals surface area contributed by atoms with E-state index >= 15 is 0 Å². The second-order valence-corrected chi connectivity index (χ2v) is 8.92. The fourth-order valence-corrected chi connectivity index (χ4v) is 4.32. The van der Waals surface area contributed by atoms with Crippen LogP contribution in [0.15, 0.2) is 60.7 Å². The maximum absolute atomic E-state index is 12.6. The first-order valence-corrected chi connectivity index (χ1v) is 12.4. The molecule has 0 bridgehead atoms. The van der Waals surface area contributed by atoms with Gasteiger partial charge in [-0.3, -0.25) is 14.5 Å². The minimum absolute atomic E-state index is 0.0506. The number of para-hydroxylation sites is 1. The maximum atomic E-state index is 12.6. The molecule has 2 aromatic rings. The van der Waals surface area contributed by atoms with Crippen molar-refractivity contribution in [2.45, 2.75) is 12.8 Å². The monoisotopic (exact) mass is 455 g/mol. The summed E-state index contributed by atoms with van der Waals surface area (Å²) in [7, 11) is 0. The van der Waals surface area contributed by atoms with Crippen molar-refractivity contribution in [3.63, 3.8) is 0 Å². The highest BCUT2D eigenvalue weighted by atomic mass is 32.2. The third-order valence-electron chi connectivity index (χ3n) is 5.35. The SMILES string of the molecule is O=C(CN1CCCN(C(=O)CSCCOc2ccccc2)CC1)NCCc1ccccc1. The highest BCUT2D eigenvalue weighted by molar-refractivity contribution is 7.99. The van der Waals surface area contributed by atoms with E-state index in [4.69, 9.17) is 4.74 Å². The third kappa shape index (κ3) is 8.93. The Bertz CT molecular complexity index is 820. The van der Waals surface area contributed by atoms with Gasteiger partial charge in [0.25, 0.3) is 0 Å². The van der Waals surface area contributed by atoms with Crippen LogP contribution in [0.2, 0.25) is 0 Å². The van der Waals surface area contributed by atoms with Gasteiger partial charge in [0.1, 0.15) is 5.75 Å². The fraction of sp³-hybridized carbons (Fsp3) is 0.440. The van der Waals surface area contributed by atoms with Crippen molar-refractivity contribution < 1.29 is 14.3 Å². The molecule has 0 aliphatic carbocycles. The van der Waals surface area contributed by atoms with Crippen molar-refractivity contribution in [1.29, 1.82) is 0 Å². The van der Waals surface area contributed by atoms with Gasteiger partial charge in [0, 0.05) is 38.5 Å². The van der Waals surface area contributed by atoms with Gasteiger partial charge in [-0.2, -0.15) is 0 Å². The van der Waals surface area contributed by atoms with Gasteiger partial charge >= 0.3 is 0 Å². The molecule has 1 aliphatic heterocycles. The summed E-state index contributed by atoms with van der Waals surface area (Å²) in [4.78, 5) is 28.9. The molecular weight excluding hydrogens is 422 g/mol. The molecule has 1 saturated heterocycles. The number of nitrogens with one attached hydrogen (secondary N) is 1. The second-order valence-electron chi connectivity index (χ2n) is 7.81. The molecule has 3 rings (SSSR count). The van der Waals surface area contributed by atoms with E-state index in [0.29, 0.717) is 32.0 Å². The Morgan fingerprint density at radius 2 is 1.69 bits per heavy atom. The zero-order valence-electron chi connectivity index (χ0n) is 18.6. The predicted octanol–water partition coefficient (Wildman–Crippen LogP) is 2.69. The van der Waals surface area contributed by atoms with E-state index in [0.717, 1.165) is 44.0 Å². The number of thioether (sulfide) groups is 1. The summed E-state index contributed by atoms with van der Waals surface area (Å²) in [6.45, 7) is 4.64. The number of benzene rings is 2. The smallest absolute Gasteiger partial charge is 0.234 e. The van der Waals surface area contributed by atoms with Gasteiger partial charge in [0.15, 0.2) is 0 Å². The predicted molar refractivity (Wildman–Crippen MR) is 130 cm³/mol. The maximum Gasteiger partial charge on any atom is 0.234 e. The molecule has 0 aromatic heterocycles. The molecule has 1 heterocycles. The number of nitrogens with zero attached hydrogens (tertiary/aromatic N) is 2. The Kier molecular flexibility index (Phi) is 10.4. The van der Waals surface area contributed by atoms with Crippen molar-refractivity contribution in [2.24, 2.45) is 0 Å². The molecule has 1 aliphatic rings.